The zero-order chi connectivity index (χ0) is 14.8. The molecule has 108 valence electrons. The topological polar surface area (TPSA) is 64.0 Å². The van der Waals surface area contributed by atoms with Gasteiger partial charge < -0.3 is 10.5 Å². The summed E-state index contributed by atoms with van der Waals surface area (Å²) in [7, 11) is 0. The predicted octanol–water partition coefficient (Wildman–Crippen LogP) is 4.16. The van der Waals surface area contributed by atoms with Crippen LogP contribution in [0.5, 0.6) is 11.6 Å². The molecular formula is C17H19N3O. The Hall–Kier alpha value is -2.41. The molecule has 1 saturated carbocycles. The molecule has 0 amide bonds. The summed E-state index contributed by atoms with van der Waals surface area (Å²) in [5, 5.41) is 9.34. The van der Waals surface area contributed by atoms with Crippen molar-refractivity contribution in [1.82, 2.24) is 4.57 Å². The molecular weight excluding hydrogens is 262 g/mol. The van der Waals surface area contributed by atoms with Crippen LogP contribution in [-0.4, -0.2) is 4.57 Å². The summed E-state index contributed by atoms with van der Waals surface area (Å²) in [4.78, 5) is 0. The van der Waals surface area contributed by atoms with Crippen molar-refractivity contribution in [1.29, 1.82) is 5.26 Å². The maximum Gasteiger partial charge on any atom is 0.224 e. The van der Waals surface area contributed by atoms with Gasteiger partial charge in [-0.2, -0.15) is 5.26 Å². The average Bonchev–Trinajstić information content (AvgIpc) is 3.08. The molecule has 0 aliphatic heterocycles. The van der Waals surface area contributed by atoms with E-state index in [2.05, 4.69) is 6.07 Å². The SMILES string of the molecule is Cc1cccc(Oc2c(N)cc(C#N)n2C2CCCC2)c1. The van der Waals surface area contributed by atoms with Crippen molar-refractivity contribution in [2.24, 2.45) is 0 Å². The summed E-state index contributed by atoms with van der Waals surface area (Å²) < 4.78 is 7.98. The van der Waals surface area contributed by atoms with Crippen LogP contribution in [0, 0.1) is 18.3 Å². The molecule has 0 unspecified atom stereocenters. The number of aryl methyl sites for hydroxylation is 1. The normalized spacial score (nSPS) is 15.0. The third-order valence-corrected chi connectivity index (χ3v) is 4.03. The Labute approximate surface area is 124 Å². The summed E-state index contributed by atoms with van der Waals surface area (Å²) in [6, 6.07) is 12.1. The Morgan fingerprint density at radius 1 is 1.29 bits per heavy atom. The van der Waals surface area contributed by atoms with E-state index in [1.54, 1.807) is 6.07 Å². The van der Waals surface area contributed by atoms with Gasteiger partial charge in [0.15, 0.2) is 0 Å². The van der Waals surface area contributed by atoms with E-state index in [-0.39, 0.29) is 0 Å². The van der Waals surface area contributed by atoms with Crippen molar-refractivity contribution in [2.75, 3.05) is 5.73 Å². The van der Waals surface area contributed by atoms with Gasteiger partial charge >= 0.3 is 0 Å². The standard InChI is InChI=1S/C17H19N3O/c1-12-5-4-8-15(9-12)21-17-16(19)10-14(11-18)20(17)13-6-2-3-7-13/h4-5,8-10,13H,2-3,6-7,19H2,1H3. The monoisotopic (exact) mass is 281 g/mol. The first-order valence-electron chi connectivity index (χ1n) is 7.34. The van der Waals surface area contributed by atoms with E-state index in [0.29, 0.717) is 23.3 Å². The van der Waals surface area contributed by atoms with Crippen molar-refractivity contribution in [3.63, 3.8) is 0 Å². The lowest BCUT2D eigenvalue weighted by Crippen LogP contribution is -2.09. The van der Waals surface area contributed by atoms with E-state index in [0.717, 1.165) is 24.2 Å². The highest BCUT2D eigenvalue weighted by molar-refractivity contribution is 5.57. The lowest BCUT2D eigenvalue weighted by Gasteiger charge is -2.18. The van der Waals surface area contributed by atoms with Crippen LogP contribution in [0.15, 0.2) is 30.3 Å². The zero-order valence-electron chi connectivity index (χ0n) is 12.2. The van der Waals surface area contributed by atoms with Gasteiger partial charge in [-0.25, -0.2) is 0 Å². The number of aromatic nitrogens is 1. The number of anilines is 1. The predicted molar refractivity (Wildman–Crippen MR) is 82.3 cm³/mol. The Morgan fingerprint density at radius 2 is 2.05 bits per heavy atom. The molecule has 0 atom stereocenters. The summed E-state index contributed by atoms with van der Waals surface area (Å²) >= 11 is 0. The minimum Gasteiger partial charge on any atom is -0.439 e. The van der Waals surface area contributed by atoms with E-state index >= 15 is 0 Å². The van der Waals surface area contributed by atoms with Gasteiger partial charge in [0.1, 0.15) is 17.5 Å². The van der Waals surface area contributed by atoms with Gasteiger partial charge in [-0.15, -0.1) is 0 Å². The average molecular weight is 281 g/mol. The fraction of sp³-hybridized carbons (Fsp3) is 0.353. The molecule has 1 fully saturated rings. The number of benzene rings is 1. The second kappa shape index (κ2) is 5.53. The zero-order valence-corrected chi connectivity index (χ0v) is 12.2. The highest BCUT2D eigenvalue weighted by Gasteiger charge is 2.25. The first kappa shape index (κ1) is 13.6. The summed E-state index contributed by atoms with van der Waals surface area (Å²) in [6.07, 6.45) is 4.54. The molecule has 0 spiro atoms. The summed E-state index contributed by atoms with van der Waals surface area (Å²) in [5.74, 6) is 1.35. The number of ether oxygens (including phenoxy) is 1. The van der Waals surface area contributed by atoms with Gasteiger partial charge in [0.25, 0.3) is 0 Å². The van der Waals surface area contributed by atoms with Crippen LogP contribution in [0.3, 0.4) is 0 Å². The summed E-state index contributed by atoms with van der Waals surface area (Å²) in [6.45, 7) is 2.02. The number of nitrogens with two attached hydrogens (primary N) is 1. The number of rotatable bonds is 3. The molecule has 1 aliphatic carbocycles. The lowest BCUT2D eigenvalue weighted by molar-refractivity contribution is 0.393. The van der Waals surface area contributed by atoms with E-state index in [1.807, 2.05) is 35.8 Å². The Kier molecular flexibility index (Phi) is 3.57. The van der Waals surface area contributed by atoms with Crippen LogP contribution < -0.4 is 10.5 Å². The van der Waals surface area contributed by atoms with Crippen LogP contribution in [0.25, 0.3) is 0 Å². The number of nitrogen functional groups attached to an aromatic ring is 1. The van der Waals surface area contributed by atoms with E-state index < -0.39 is 0 Å². The molecule has 2 N–H and O–H groups in total. The van der Waals surface area contributed by atoms with Gasteiger partial charge in [-0.3, -0.25) is 4.57 Å². The molecule has 4 heteroatoms. The van der Waals surface area contributed by atoms with E-state index in [9.17, 15) is 5.26 Å². The smallest absolute Gasteiger partial charge is 0.224 e. The van der Waals surface area contributed by atoms with Crippen molar-refractivity contribution in [3.05, 3.63) is 41.6 Å². The molecule has 0 radical (unpaired) electrons. The molecule has 1 heterocycles. The summed E-state index contributed by atoms with van der Waals surface area (Å²) in [5.41, 5.74) is 8.32. The minimum atomic E-state index is 0.316. The second-order valence-electron chi connectivity index (χ2n) is 5.63. The largest absolute Gasteiger partial charge is 0.439 e. The van der Waals surface area contributed by atoms with Crippen molar-refractivity contribution in [2.45, 2.75) is 38.6 Å². The molecule has 4 nitrogen and oxygen atoms in total. The minimum absolute atomic E-state index is 0.316. The number of nitriles is 1. The molecule has 0 saturated heterocycles. The van der Waals surface area contributed by atoms with Crippen molar-refractivity contribution < 1.29 is 4.74 Å². The molecule has 21 heavy (non-hydrogen) atoms. The first-order valence-corrected chi connectivity index (χ1v) is 7.34. The van der Waals surface area contributed by atoms with Gasteiger partial charge in [0, 0.05) is 12.1 Å². The van der Waals surface area contributed by atoms with Gasteiger partial charge in [0.2, 0.25) is 5.88 Å². The van der Waals surface area contributed by atoms with E-state index in [1.165, 1.54) is 12.8 Å². The lowest BCUT2D eigenvalue weighted by atomic mass is 10.2. The maximum absolute atomic E-state index is 9.34. The highest BCUT2D eigenvalue weighted by atomic mass is 16.5. The Bertz CT molecular complexity index is 691. The fourth-order valence-corrected chi connectivity index (χ4v) is 3.04. The molecule has 1 aliphatic rings. The van der Waals surface area contributed by atoms with Crippen LogP contribution in [0.2, 0.25) is 0 Å². The Balaban J connectivity index is 2.01. The number of hydrogen-bond donors (Lipinski definition) is 1. The van der Waals surface area contributed by atoms with Crippen LogP contribution >= 0.6 is 0 Å². The molecule has 0 bridgehead atoms. The quantitative estimate of drug-likeness (QED) is 0.918. The third-order valence-electron chi connectivity index (χ3n) is 4.03. The second-order valence-corrected chi connectivity index (χ2v) is 5.63. The molecule has 1 aromatic carbocycles. The number of nitrogens with zero attached hydrogens (tertiary/aromatic N) is 2. The van der Waals surface area contributed by atoms with Crippen LogP contribution in [0.4, 0.5) is 5.69 Å². The molecule has 1 aromatic heterocycles. The van der Waals surface area contributed by atoms with Crippen LogP contribution in [-0.2, 0) is 0 Å². The molecule has 3 rings (SSSR count). The van der Waals surface area contributed by atoms with Crippen LogP contribution in [0.1, 0.15) is 43.0 Å². The maximum atomic E-state index is 9.34. The highest BCUT2D eigenvalue weighted by Crippen LogP contribution is 2.39. The molecule has 2 aromatic rings. The van der Waals surface area contributed by atoms with Gasteiger partial charge in [-0.1, -0.05) is 25.0 Å². The van der Waals surface area contributed by atoms with Crippen molar-refractivity contribution >= 4 is 5.69 Å². The third kappa shape index (κ3) is 2.59. The fourth-order valence-electron chi connectivity index (χ4n) is 3.04. The van der Waals surface area contributed by atoms with Crippen molar-refractivity contribution in [3.8, 4) is 17.7 Å². The van der Waals surface area contributed by atoms with Gasteiger partial charge in [-0.05, 0) is 37.5 Å². The number of hydrogen-bond acceptors (Lipinski definition) is 3. The van der Waals surface area contributed by atoms with Gasteiger partial charge in [0.05, 0.1) is 5.69 Å². The Morgan fingerprint density at radius 3 is 2.71 bits per heavy atom. The first-order chi connectivity index (χ1) is 10.2. The van der Waals surface area contributed by atoms with E-state index in [4.69, 9.17) is 10.5 Å².